The summed E-state index contributed by atoms with van der Waals surface area (Å²) in [5, 5.41) is 5.88. The molecule has 1 amide bonds. The van der Waals surface area contributed by atoms with Crippen molar-refractivity contribution in [3.05, 3.63) is 53.6 Å². The number of carbonyl (C=O) groups excluding carboxylic acids is 1. The summed E-state index contributed by atoms with van der Waals surface area (Å²) in [4.78, 5) is 11.9. The zero-order chi connectivity index (χ0) is 15.2. The van der Waals surface area contributed by atoms with Crippen molar-refractivity contribution in [2.24, 2.45) is 0 Å². The molecule has 2 rings (SSSR count). The molecule has 2 aromatic rings. The third-order valence-electron chi connectivity index (χ3n) is 3.10. The van der Waals surface area contributed by atoms with Crippen LogP contribution in [-0.4, -0.2) is 20.1 Å². The lowest BCUT2D eigenvalue weighted by molar-refractivity contribution is 0.0964. The molecule has 2 aromatic carbocycles. The third-order valence-corrected chi connectivity index (χ3v) is 3.10. The molecule has 0 spiro atoms. The van der Waals surface area contributed by atoms with E-state index in [0.29, 0.717) is 23.5 Å². The number of amides is 1. The van der Waals surface area contributed by atoms with Crippen LogP contribution in [0.1, 0.15) is 15.9 Å². The Morgan fingerprint density at radius 2 is 1.95 bits per heavy atom. The molecule has 0 fully saturated rings. The van der Waals surface area contributed by atoms with Gasteiger partial charge in [0.05, 0.1) is 17.9 Å². The minimum absolute atomic E-state index is 0.165. The number of rotatable bonds is 5. The van der Waals surface area contributed by atoms with Gasteiger partial charge in [0.15, 0.2) is 0 Å². The number of methoxy groups -OCH3 is 1. The van der Waals surface area contributed by atoms with E-state index in [2.05, 4.69) is 10.6 Å². The molecule has 4 N–H and O–H groups in total. The molecular weight excluding hydrogens is 266 g/mol. The van der Waals surface area contributed by atoms with Crippen molar-refractivity contribution in [3.8, 4) is 0 Å². The number of anilines is 3. The Labute approximate surface area is 124 Å². The van der Waals surface area contributed by atoms with Gasteiger partial charge in [-0.2, -0.15) is 0 Å². The van der Waals surface area contributed by atoms with Gasteiger partial charge >= 0.3 is 0 Å². The summed E-state index contributed by atoms with van der Waals surface area (Å²) in [5.41, 5.74) is 9.51. The van der Waals surface area contributed by atoms with E-state index in [9.17, 15) is 4.79 Å². The monoisotopic (exact) mass is 285 g/mol. The Hall–Kier alpha value is -2.53. The molecular formula is C16H19N3O2. The Morgan fingerprint density at radius 3 is 2.67 bits per heavy atom. The van der Waals surface area contributed by atoms with Gasteiger partial charge in [0.25, 0.3) is 5.91 Å². The van der Waals surface area contributed by atoms with Crippen molar-refractivity contribution in [2.45, 2.75) is 6.61 Å². The fraction of sp³-hybridized carbons (Fsp3) is 0.188. The van der Waals surface area contributed by atoms with Gasteiger partial charge in [0, 0.05) is 31.1 Å². The van der Waals surface area contributed by atoms with Gasteiger partial charge in [-0.15, -0.1) is 0 Å². The van der Waals surface area contributed by atoms with E-state index < -0.39 is 0 Å². The van der Waals surface area contributed by atoms with E-state index in [4.69, 9.17) is 10.5 Å². The summed E-state index contributed by atoms with van der Waals surface area (Å²) < 4.78 is 5.18. The second-order valence-corrected chi connectivity index (χ2v) is 4.60. The van der Waals surface area contributed by atoms with Crippen LogP contribution >= 0.6 is 0 Å². The highest BCUT2D eigenvalue weighted by Crippen LogP contribution is 2.26. The SMILES string of the molecule is CNC(=O)c1ccc(N)cc1Nc1ccccc1COC. The second-order valence-electron chi connectivity index (χ2n) is 4.60. The van der Waals surface area contributed by atoms with Crippen molar-refractivity contribution in [2.75, 3.05) is 25.2 Å². The number of para-hydroxylation sites is 1. The molecule has 0 bridgehead atoms. The quantitative estimate of drug-likeness (QED) is 0.738. The van der Waals surface area contributed by atoms with Crippen molar-refractivity contribution < 1.29 is 9.53 Å². The van der Waals surface area contributed by atoms with Crippen molar-refractivity contribution in [3.63, 3.8) is 0 Å². The van der Waals surface area contributed by atoms with Crippen LogP contribution in [-0.2, 0) is 11.3 Å². The Bertz CT molecular complexity index is 641. The molecule has 0 saturated carbocycles. The molecule has 110 valence electrons. The number of hydrogen-bond acceptors (Lipinski definition) is 4. The molecule has 5 heteroatoms. The second kappa shape index (κ2) is 6.76. The molecule has 0 atom stereocenters. The molecule has 0 aliphatic rings. The van der Waals surface area contributed by atoms with Gasteiger partial charge in [-0.05, 0) is 24.3 Å². The lowest BCUT2D eigenvalue weighted by Crippen LogP contribution is -2.19. The van der Waals surface area contributed by atoms with Crippen LogP contribution in [0.3, 0.4) is 0 Å². The number of ether oxygens (including phenoxy) is 1. The summed E-state index contributed by atoms with van der Waals surface area (Å²) >= 11 is 0. The van der Waals surface area contributed by atoms with Crippen LogP contribution in [0, 0.1) is 0 Å². The lowest BCUT2D eigenvalue weighted by atomic mass is 10.1. The highest BCUT2D eigenvalue weighted by molar-refractivity contribution is 6.00. The van der Waals surface area contributed by atoms with E-state index in [1.807, 2.05) is 24.3 Å². The summed E-state index contributed by atoms with van der Waals surface area (Å²) in [6, 6.07) is 12.9. The average molecular weight is 285 g/mol. The van der Waals surface area contributed by atoms with Crippen LogP contribution in [0.25, 0.3) is 0 Å². The Balaban J connectivity index is 2.39. The highest BCUT2D eigenvalue weighted by atomic mass is 16.5. The molecule has 0 unspecified atom stereocenters. The van der Waals surface area contributed by atoms with Crippen LogP contribution in [0.2, 0.25) is 0 Å². The zero-order valence-corrected chi connectivity index (χ0v) is 12.1. The predicted molar refractivity (Wildman–Crippen MR) is 84.7 cm³/mol. The number of nitrogens with two attached hydrogens (primary N) is 1. The first-order valence-electron chi connectivity index (χ1n) is 6.61. The van der Waals surface area contributed by atoms with E-state index in [-0.39, 0.29) is 5.91 Å². The molecule has 0 aliphatic carbocycles. The first-order valence-corrected chi connectivity index (χ1v) is 6.61. The summed E-state index contributed by atoms with van der Waals surface area (Å²) in [6.07, 6.45) is 0. The average Bonchev–Trinajstić information content (AvgIpc) is 2.49. The maximum Gasteiger partial charge on any atom is 0.253 e. The van der Waals surface area contributed by atoms with Crippen LogP contribution in [0.5, 0.6) is 0 Å². The predicted octanol–water partition coefficient (Wildman–Crippen LogP) is 2.52. The third kappa shape index (κ3) is 3.52. The van der Waals surface area contributed by atoms with E-state index in [1.54, 1.807) is 32.4 Å². The lowest BCUT2D eigenvalue weighted by Gasteiger charge is -2.15. The number of nitrogens with one attached hydrogen (secondary N) is 2. The van der Waals surface area contributed by atoms with Crippen molar-refractivity contribution >= 4 is 23.0 Å². The summed E-state index contributed by atoms with van der Waals surface area (Å²) in [7, 11) is 3.24. The number of benzene rings is 2. The maximum atomic E-state index is 11.9. The first-order chi connectivity index (χ1) is 10.2. The largest absolute Gasteiger partial charge is 0.399 e. The van der Waals surface area contributed by atoms with Gasteiger partial charge in [-0.3, -0.25) is 4.79 Å². The fourth-order valence-electron chi connectivity index (χ4n) is 2.07. The summed E-state index contributed by atoms with van der Waals surface area (Å²) in [6.45, 7) is 0.487. The van der Waals surface area contributed by atoms with Gasteiger partial charge in [0.1, 0.15) is 0 Å². The summed E-state index contributed by atoms with van der Waals surface area (Å²) in [5.74, 6) is -0.165. The minimum Gasteiger partial charge on any atom is -0.399 e. The van der Waals surface area contributed by atoms with Gasteiger partial charge in [-0.1, -0.05) is 18.2 Å². The van der Waals surface area contributed by atoms with E-state index in [0.717, 1.165) is 11.3 Å². The molecule has 5 nitrogen and oxygen atoms in total. The van der Waals surface area contributed by atoms with Crippen LogP contribution in [0.4, 0.5) is 17.1 Å². The van der Waals surface area contributed by atoms with E-state index in [1.165, 1.54) is 0 Å². The molecule has 0 aliphatic heterocycles. The first kappa shape index (κ1) is 14.9. The molecule has 0 radical (unpaired) electrons. The molecule has 0 aromatic heterocycles. The van der Waals surface area contributed by atoms with Gasteiger partial charge in [-0.25, -0.2) is 0 Å². The highest BCUT2D eigenvalue weighted by Gasteiger charge is 2.11. The number of hydrogen-bond donors (Lipinski definition) is 3. The molecule has 21 heavy (non-hydrogen) atoms. The Morgan fingerprint density at radius 1 is 1.19 bits per heavy atom. The minimum atomic E-state index is -0.165. The fourth-order valence-corrected chi connectivity index (χ4v) is 2.07. The smallest absolute Gasteiger partial charge is 0.253 e. The topological polar surface area (TPSA) is 76.4 Å². The molecule has 0 saturated heterocycles. The van der Waals surface area contributed by atoms with Gasteiger partial charge in [0.2, 0.25) is 0 Å². The number of nitrogen functional groups attached to an aromatic ring is 1. The van der Waals surface area contributed by atoms with E-state index >= 15 is 0 Å². The van der Waals surface area contributed by atoms with Crippen LogP contribution in [0.15, 0.2) is 42.5 Å². The Kier molecular flexibility index (Phi) is 4.79. The van der Waals surface area contributed by atoms with Crippen molar-refractivity contribution in [1.82, 2.24) is 5.32 Å². The normalized spacial score (nSPS) is 10.2. The van der Waals surface area contributed by atoms with Crippen LogP contribution < -0.4 is 16.4 Å². The number of carbonyl (C=O) groups is 1. The van der Waals surface area contributed by atoms with Gasteiger partial charge < -0.3 is 21.1 Å². The standard InChI is InChI=1S/C16H19N3O2/c1-18-16(20)13-8-7-12(17)9-15(13)19-14-6-4-3-5-11(14)10-21-2/h3-9,19H,10,17H2,1-2H3,(H,18,20). The van der Waals surface area contributed by atoms with Crippen molar-refractivity contribution in [1.29, 1.82) is 0 Å². The zero-order valence-electron chi connectivity index (χ0n) is 12.1. The maximum absolute atomic E-state index is 11.9. The molecule has 0 heterocycles.